The van der Waals surface area contributed by atoms with Gasteiger partial charge in [-0.25, -0.2) is 4.98 Å². The number of hydrogen-bond acceptors (Lipinski definition) is 2. The van der Waals surface area contributed by atoms with Crippen molar-refractivity contribution in [1.29, 1.82) is 0 Å². The monoisotopic (exact) mass is 560 g/mol. The maximum absolute atomic E-state index is 5.16. The molecule has 8 rings (SSSR count). The van der Waals surface area contributed by atoms with E-state index >= 15 is 0 Å². The van der Waals surface area contributed by atoms with Crippen LogP contribution in [-0.4, -0.2) is 9.97 Å². The van der Waals surface area contributed by atoms with Crippen molar-refractivity contribution in [3.63, 3.8) is 0 Å². The van der Waals surface area contributed by atoms with Crippen molar-refractivity contribution in [2.45, 2.75) is 0 Å². The molecule has 206 valence electrons. The molecule has 0 aliphatic rings. The molecule has 0 amide bonds. The number of pyridine rings is 2. The lowest BCUT2D eigenvalue weighted by atomic mass is 9.94. The average molecular weight is 561 g/mol. The lowest BCUT2D eigenvalue weighted by molar-refractivity contribution is 1.39. The summed E-state index contributed by atoms with van der Waals surface area (Å²) >= 11 is 0. The summed E-state index contributed by atoms with van der Waals surface area (Å²) in [6, 6.07) is 57.9. The van der Waals surface area contributed by atoms with Crippen molar-refractivity contribution >= 4 is 21.8 Å². The zero-order valence-electron chi connectivity index (χ0n) is 24.1. The minimum absolute atomic E-state index is 0.966. The molecule has 2 heteroatoms. The van der Waals surface area contributed by atoms with Gasteiger partial charge < -0.3 is 0 Å². The van der Waals surface area contributed by atoms with E-state index in [1.54, 1.807) is 0 Å². The average Bonchev–Trinajstić information content (AvgIpc) is 3.11. The highest BCUT2D eigenvalue weighted by molar-refractivity contribution is 6.01. The lowest BCUT2D eigenvalue weighted by Gasteiger charge is -2.13. The topological polar surface area (TPSA) is 25.8 Å². The van der Waals surface area contributed by atoms with Gasteiger partial charge in [0.2, 0.25) is 0 Å². The Morgan fingerprint density at radius 3 is 1.43 bits per heavy atom. The first kappa shape index (κ1) is 25.8. The van der Waals surface area contributed by atoms with Crippen LogP contribution in [-0.2, 0) is 0 Å². The second-order valence-electron chi connectivity index (χ2n) is 11.1. The Kier molecular flexibility index (Phi) is 6.51. The van der Waals surface area contributed by atoms with E-state index in [1.165, 1.54) is 33.4 Å². The molecule has 2 nitrogen and oxygen atoms in total. The second kappa shape index (κ2) is 11.1. The highest BCUT2D eigenvalue weighted by atomic mass is 14.7. The molecule has 0 bridgehead atoms. The number of nitrogens with zero attached hydrogens (tertiary/aromatic N) is 2. The van der Waals surface area contributed by atoms with E-state index < -0.39 is 0 Å². The Morgan fingerprint density at radius 2 is 0.795 bits per heavy atom. The number of rotatable bonds is 5. The molecule has 0 aliphatic carbocycles. The van der Waals surface area contributed by atoms with Crippen LogP contribution in [0, 0.1) is 0 Å². The first-order valence-electron chi connectivity index (χ1n) is 14.9. The largest absolute Gasteiger partial charge is 0.256 e. The summed E-state index contributed by atoms with van der Waals surface area (Å²) in [7, 11) is 0. The number of benzene rings is 6. The zero-order chi connectivity index (χ0) is 29.3. The summed E-state index contributed by atoms with van der Waals surface area (Å²) in [6.07, 6.45) is 1.89. The van der Waals surface area contributed by atoms with Crippen molar-refractivity contribution in [2.75, 3.05) is 0 Å². The number of hydrogen-bond donors (Lipinski definition) is 0. The second-order valence-corrected chi connectivity index (χ2v) is 11.1. The molecule has 0 aliphatic heterocycles. The number of fused-ring (bicyclic) bond motifs is 2. The third kappa shape index (κ3) is 4.83. The van der Waals surface area contributed by atoms with Crippen LogP contribution >= 0.6 is 0 Å². The van der Waals surface area contributed by atoms with E-state index in [0.717, 1.165) is 44.2 Å². The molecule has 0 saturated carbocycles. The number of aromatic nitrogens is 2. The Bertz CT molecular complexity index is 2240. The molecule has 0 fully saturated rings. The Morgan fingerprint density at radius 1 is 0.318 bits per heavy atom. The van der Waals surface area contributed by atoms with Crippen molar-refractivity contribution in [2.24, 2.45) is 0 Å². The molecule has 2 heterocycles. The van der Waals surface area contributed by atoms with Crippen molar-refractivity contribution in [3.8, 4) is 55.8 Å². The summed E-state index contributed by atoms with van der Waals surface area (Å²) < 4.78 is 0. The van der Waals surface area contributed by atoms with Crippen LogP contribution in [0.15, 0.2) is 170 Å². The molecule has 8 aromatic rings. The highest BCUT2D eigenvalue weighted by Gasteiger charge is 2.13. The van der Waals surface area contributed by atoms with Crippen molar-refractivity contribution in [3.05, 3.63) is 170 Å². The van der Waals surface area contributed by atoms with E-state index in [9.17, 15) is 0 Å². The van der Waals surface area contributed by atoms with Crippen LogP contribution in [0.3, 0.4) is 0 Å². The van der Waals surface area contributed by atoms with Gasteiger partial charge in [-0.05, 0) is 80.9 Å². The molecular formula is C42H28N2. The molecule has 0 radical (unpaired) electrons. The molecule has 44 heavy (non-hydrogen) atoms. The normalized spacial score (nSPS) is 11.2. The van der Waals surface area contributed by atoms with Crippen LogP contribution in [0.25, 0.3) is 77.6 Å². The predicted octanol–water partition coefficient (Wildman–Crippen LogP) is 11.1. The fourth-order valence-electron chi connectivity index (χ4n) is 6.07. The minimum atomic E-state index is 0.966. The predicted molar refractivity (Wildman–Crippen MR) is 184 cm³/mol. The summed E-state index contributed by atoms with van der Waals surface area (Å²) in [4.78, 5) is 9.82. The van der Waals surface area contributed by atoms with Gasteiger partial charge in [0.15, 0.2) is 0 Å². The fraction of sp³-hybridized carbons (Fsp3) is 0. The molecule has 0 saturated heterocycles. The molecule has 0 atom stereocenters. The van der Waals surface area contributed by atoms with E-state index in [0.29, 0.717) is 0 Å². The van der Waals surface area contributed by atoms with E-state index in [2.05, 4.69) is 163 Å². The standard InChI is InChI=1S/C42H28N2/c1-4-10-29(11-5-1)30-16-18-33(19-17-30)42-28-37(32-14-8-3-9-15-32)39-27-35(21-23-41(39)44-42)34-20-22-40-38(26-34)36(24-25-43-40)31-12-6-2-7-13-31/h1-28H. The first-order chi connectivity index (χ1) is 21.8. The molecule has 2 aromatic heterocycles. The Hall–Kier alpha value is -5.86. The molecular weight excluding hydrogens is 532 g/mol. The van der Waals surface area contributed by atoms with Gasteiger partial charge in [0.05, 0.1) is 16.7 Å². The highest BCUT2D eigenvalue weighted by Crippen LogP contribution is 2.37. The van der Waals surface area contributed by atoms with Crippen molar-refractivity contribution in [1.82, 2.24) is 9.97 Å². The summed E-state index contributed by atoms with van der Waals surface area (Å²) in [6.45, 7) is 0. The van der Waals surface area contributed by atoms with Crippen LogP contribution in [0.4, 0.5) is 0 Å². The van der Waals surface area contributed by atoms with Gasteiger partial charge in [-0.3, -0.25) is 4.98 Å². The maximum Gasteiger partial charge on any atom is 0.0716 e. The van der Waals surface area contributed by atoms with Crippen molar-refractivity contribution < 1.29 is 0 Å². The lowest BCUT2D eigenvalue weighted by Crippen LogP contribution is -1.91. The van der Waals surface area contributed by atoms with Gasteiger partial charge in [-0.1, -0.05) is 127 Å². The van der Waals surface area contributed by atoms with E-state index in [-0.39, 0.29) is 0 Å². The van der Waals surface area contributed by atoms with Crippen LogP contribution in [0.1, 0.15) is 0 Å². The minimum Gasteiger partial charge on any atom is -0.256 e. The molecule has 6 aromatic carbocycles. The summed E-state index contributed by atoms with van der Waals surface area (Å²) in [5.41, 5.74) is 13.5. The quantitative estimate of drug-likeness (QED) is 0.209. The van der Waals surface area contributed by atoms with Gasteiger partial charge in [0, 0.05) is 22.5 Å². The molecule has 0 unspecified atom stereocenters. The van der Waals surface area contributed by atoms with Gasteiger partial charge in [-0.15, -0.1) is 0 Å². The third-order valence-electron chi connectivity index (χ3n) is 8.34. The third-order valence-corrected chi connectivity index (χ3v) is 8.34. The molecule has 0 spiro atoms. The first-order valence-corrected chi connectivity index (χ1v) is 14.9. The maximum atomic E-state index is 5.16. The SMILES string of the molecule is c1ccc(-c2ccc(-c3cc(-c4ccccc4)c4cc(-c5ccc6nccc(-c7ccccc7)c6c5)ccc4n3)cc2)cc1. The summed E-state index contributed by atoms with van der Waals surface area (Å²) in [5, 5.41) is 2.28. The Labute approximate surface area is 257 Å². The van der Waals surface area contributed by atoms with E-state index in [4.69, 9.17) is 4.98 Å². The van der Waals surface area contributed by atoms with E-state index in [1.807, 2.05) is 12.3 Å². The molecule has 0 N–H and O–H groups in total. The van der Waals surface area contributed by atoms with Crippen LogP contribution in [0.5, 0.6) is 0 Å². The van der Waals surface area contributed by atoms with Crippen LogP contribution < -0.4 is 0 Å². The zero-order valence-corrected chi connectivity index (χ0v) is 24.1. The fourth-order valence-corrected chi connectivity index (χ4v) is 6.07. The van der Waals surface area contributed by atoms with Gasteiger partial charge >= 0.3 is 0 Å². The van der Waals surface area contributed by atoms with Gasteiger partial charge in [-0.2, -0.15) is 0 Å². The summed E-state index contributed by atoms with van der Waals surface area (Å²) in [5.74, 6) is 0. The van der Waals surface area contributed by atoms with Crippen LogP contribution in [0.2, 0.25) is 0 Å². The smallest absolute Gasteiger partial charge is 0.0716 e. The Balaban J connectivity index is 1.25. The van der Waals surface area contributed by atoms with Gasteiger partial charge in [0.1, 0.15) is 0 Å². The van der Waals surface area contributed by atoms with Gasteiger partial charge in [0.25, 0.3) is 0 Å².